The van der Waals surface area contributed by atoms with Crippen molar-refractivity contribution in [3.8, 4) is 0 Å². The van der Waals surface area contributed by atoms with E-state index in [0.717, 1.165) is 32.5 Å². The summed E-state index contributed by atoms with van der Waals surface area (Å²) >= 11 is 0. The van der Waals surface area contributed by atoms with Crippen LogP contribution < -0.4 is 5.32 Å². The Labute approximate surface area is 113 Å². The third-order valence-corrected chi connectivity index (χ3v) is 3.07. The zero-order chi connectivity index (χ0) is 13.6. The van der Waals surface area contributed by atoms with Gasteiger partial charge in [0.05, 0.1) is 6.54 Å². The van der Waals surface area contributed by atoms with Crippen molar-refractivity contribution in [1.29, 1.82) is 0 Å². The van der Waals surface area contributed by atoms with E-state index < -0.39 is 0 Å². The molecule has 0 saturated heterocycles. The molecule has 0 saturated carbocycles. The summed E-state index contributed by atoms with van der Waals surface area (Å²) < 4.78 is 0. The topological polar surface area (TPSA) is 32.3 Å². The van der Waals surface area contributed by atoms with Crippen LogP contribution in [-0.2, 0) is 4.79 Å². The summed E-state index contributed by atoms with van der Waals surface area (Å²) in [6.07, 6.45) is 8.50. The first-order valence-corrected chi connectivity index (χ1v) is 7.74. The predicted octanol–water partition coefficient (Wildman–Crippen LogP) is 3.20. The number of amides is 1. The summed E-state index contributed by atoms with van der Waals surface area (Å²) in [6.45, 7) is 9.74. The standard InChI is InChI=1S/C15H32N2O/c1-4-7-8-9-10-11-16-14-15(18)17(12-5-2)13-6-3/h16H,4-14H2,1-3H3. The van der Waals surface area contributed by atoms with Crippen LogP contribution in [0.15, 0.2) is 0 Å². The molecule has 0 aromatic rings. The lowest BCUT2D eigenvalue weighted by molar-refractivity contribution is -0.130. The maximum atomic E-state index is 11.9. The van der Waals surface area contributed by atoms with Crippen LogP contribution in [0.4, 0.5) is 0 Å². The highest BCUT2D eigenvalue weighted by Gasteiger charge is 2.10. The maximum absolute atomic E-state index is 11.9. The smallest absolute Gasteiger partial charge is 0.236 e. The molecule has 108 valence electrons. The average molecular weight is 256 g/mol. The molecule has 0 unspecified atom stereocenters. The van der Waals surface area contributed by atoms with Gasteiger partial charge in [-0.05, 0) is 25.8 Å². The van der Waals surface area contributed by atoms with E-state index in [-0.39, 0.29) is 5.91 Å². The fourth-order valence-electron chi connectivity index (χ4n) is 2.06. The van der Waals surface area contributed by atoms with E-state index in [1.807, 2.05) is 4.90 Å². The second kappa shape index (κ2) is 12.9. The fourth-order valence-corrected chi connectivity index (χ4v) is 2.06. The normalized spacial score (nSPS) is 10.6. The van der Waals surface area contributed by atoms with Gasteiger partial charge in [-0.25, -0.2) is 0 Å². The molecule has 0 bridgehead atoms. The highest BCUT2D eigenvalue weighted by molar-refractivity contribution is 5.78. The van der Waals surface area contributed by atoms with Gasteiger partial charge in [-0.3, -0.25) is 4.79 Å². The number of unbranched alkanes of at least 4 members (excludes halogenated alkanes) is 4. The van der Waals surface area contributed by atoms with Crippen molar-refractivity contribution in [2.45, 2.75) is 65.7 Å². The van der Waals surface area contributed by atoms with Crippen molar-refractivity contribution in [1.82, 2.24) is 10.2 Å². The van der Waals surface area contributed by atoms with Crippen molar-refractivity contribution >= 4 is 5.91 Å². The molecule has 18 heavy (non-hydrogen) atoms. The van der Waals surface area contributed by atoms with Crippen molar-refractivity contribution in [3.05, 3.63) is 0 Å². The SMILES string of the molecule is CCCCCCCNCC(=O)N(CCC)CCC. The van der Waals surface area contributed by atoms with E-state index in [2.05, 4.69) is 26.1 Å². The number of carbonyl (C=O) groups is 1. The van der Waals surface area contributed by atoms with Gasteiger partial charge in [0.15, 0.2) is 0 Å². The predicted molar refractivity (Wildman–Crippen MR) is 78.8 cm³/mol. The molecule has 0 aliphatic heterocycles. The summed E-state index contributed by atoms with van der Waals surface area (Å²) in [5.41, 5.74) is 0. The molecule has 1 amide bonds. The fraction of sp³-hybridized carbons (Fsp3) is 0.933. The van der Waals surface area contributed by atoms with Crippen LogP contribution in [0.3, 0.4) is 0 Å². The molecule has 0 atom stereocenters. The van der Waals surface area contributed by atoms with Crippen LogP contribution in [-0.4, -0.2) is 37.0 Å². The molecule has 0 spiro atoms. The van der Waals surface area contributed by atoms with E-state index in [1.165, 1.54) is 32.1 Å². The highest BCUT2D eigenvalue weighted by Crippen LogP contribution is 2.01. The van der Waals surface area contributed by atoms with Crippen molar-refractivity contribution in [2.24, 2.45) is 0 Å². The Kier molecular flexibility index (Phi) is 12.5. The summed E-state index contributed by atoms with van der Waals surface area (Å²) in [7, 11) is 0. The first-order chi connectivity index (χ1) is 8.76. The Hall–Kier alpha value is -0.570. The Bertz CT molecular complexity index is 189. The molecule has 0 fully saturated rings. The molecule has 0 aliphatic rings. The summed E-state index contributed by atoms with van der Waals surface area (Å²) in [6, 6.07) is 0. The molecule has 3 heteroatoms. The molecule has 0 aliphatic carbocycles. The number of nitrogens with zero attached hydrogens (tertiary/aromatic N) is 1. The summed E-state index contributed by atoms with van der Waals surface area (Å²) in [5, 5.41) is 3.27. The zero-order valence-electron chi connectivity index (χ0n) is 12.6. The number of hydrogen-bond donors (Lipinski definition) is 1. The van der Waals surface area contributed by atoms with Crippen LogP contribution >= 0.6 is 0 Å². The minimum Gasteiger partial charge on any atom is -0.342 e. The van der Waals surface area contributed by atoms with Crippen LogP contribution in [0.1, 0.15) is 65.7 Å². The number of carbonyl (C=O) groups excluding carboxylic acids is 1. The zero-order valence-corrected chi connectivity index (χ0v) is 12.6. The van der Waals surface area contributed by atoms with Crippen LogP contribution in [0, 0.1) is 0 Å². The molecule has 3 nitrogen and oxygen atoms in total. The second-order valence-electron chi connectivity index (χ2n) is 4.97. The number of rotatable bonds is 12. The maximum Gasteiger partial charge on any atom is 0.236 e. The first kappa shape index (κ1) is 17.4. The molecule has 1 N–H and O–H groups in total. The molecule has 0 radical (unpaired) electrons. The number of nitrogens with one attached hydrogen (secondary N) is 1. The van der Waals surface area contributed by atoms with Gasteiger partial charge in [0.25, 0.3) is 0 Å². The van der Waals surface area contributed by atoms with Gasteiger partial charge in [-0.15, -0.1) is 0 Å². The van der Waals surface area contributed by atoms with Crippen molar-refractivity contribution in [2.75, 3.05) is 26.2 Å². The molecule has 0 aromatic heterocycles. The lowest BCUT2D eigenvalue weighted by Crippen LogP contribution is -2.39. The van der Waals surface area contributed by atoms with Gasteiger partial charge < -0.3 is 10.2 Å². The summed E-state index contributed by atoms with van der Waals surface area (Å²) in [4.78, 5) is 13.9. The Morgan fingerprint density at radius 1 is 0.889 bits per heavy atom. The van der Waals surface area contributed by atoms with E-state index in [9.17, 15) is 4.79 Å². The molecular formula is C15H32N2O. The third kappa shape index (κ3) is 9.46. The monoisotopic (exact) mass is 256 g/mol. The Morgan fingerprint density at radius 3 is 2.06 bits per heavy atom. The number of hydrogen-bond acceptors (Lipinski definition) is 2. The van der Waals surface area contributed by atoms with Gasteiger partial charge in [-0.2, -0.15) is 0 Å². The van der Waals surface area contributed by atoms with Crippen LogP contribution in [0.2, 0.25) is 0 Å². The van der Waals surface area contributed by atoms with E-state index in [0.29, 0.717) is 6.54 Å². The molecule has 0 heterocycles. The van der Waals surface area contributed by atoms with Crippen LogP contribution in [0.25, 0.3) is 0 Å². The van der Waals surface area contributed by atoms with Gasteiger partial charge >= 0.3 is 0 Å². The van der Waals surface area contributed by atoms with Gasteiger partial charge in [0, 0.05) is 13.1 Å². The molecular weight excluding hydrogens is 224 g/mol. The first-order valence-electron chi connectivity index (χ1n) is 7.74. The largest absolute Gasteiger partial charge is 0.342 e. The van der Waals surface area contributed by atoms with Gasteiger partial charge in [0.1, 0.15) is 0 Å². The minimum absolute atomic E-state index is 0.257. The van der Waals surface area contributed by atoms with Crippen LogP contribution in [0.5, 0.6) is 0 Å². The van der Waals surface area contributed by atoms with Gasteiger partial charge in [0.2, 0.25) is 5.91 Å². The minimum atomic E-state index is 0.257. The van der Waals surface area contributed by atoms with Crippen molar-refractivity contribution < 1.29 is 4.79 Å². The van der Waals surface area contributed by atoms with E-state index >= 15 is 0 Å². The van der Waals surface area contributed by atoms with Gasteiger partial charge in [-0.1, -0.05) is 46.5 Å². The Balaban J connectivity index is 3.54. The average Bonchev–Trinajstić information content (AvgIpc) is 2.37. The highest BCUT2D eigenvalue weighted by atomic mass is 16.2. The lowest BCUT2D eigenvalue weighted by atomic mass is 10.1. The second-order valence-corrected chi connectivity index (χ2v) is 4.97. The lowest BCUT2D eigenvalue weighted by Gasteiger charge is -2.21. The van der Waals surface area contributed by atoms with E-state index in [1.54, 1.807) is 0 Å². The molecule has 0 rings (SSSR count). The third-order valence-electron chi connectivity index (χ3n) is 3.07. The van der Waals surface area contributed by atoms with E-state index in [4.69, 9.17) is 0 Å². The summed E-state index contributed by atoms with van der Waals surface area (Å²) in [5.74, 6) is 0.257. The van der Waals surface area contributed by atoms with Crippen molar-refractivity contribution in [3.63, 3.8) is 0 Å². The molecule has 0 aromatic carbocycles. The quantitative estimate of drug-likeness (QED) is 0.544. The Morgan fingerprint density at radius 2 is 1.50 bits per heavy atom.